The first-order valence-corrected chi connectivity index (χ1v) is 14.4. The summed E-state index contributed by atoms with van der Waals surface area (Å²) in [6.45, 7) is 5.11. The molecule has 0 fully saturated rings. The zero-order chi connectivity index (χ0) is 27.9. The van der Waals surface area contributed by atoms with Crippen molar-refractivity contribution < 1.29 is 22.4 Å². The standard InChI is InChI=1S/C28H31BrFN3O4S/c1-4-16-31-28(35)21(3)32(18-22-8-7-9-23(29)17-22)27(34)19-33(26-11-6-5-10-25(26)30)38(36,37)24-14-12-20(2)13-15-24/h5-15,17,21H,4,16,18-19H2,1-3H3,(H,31,35)/t21-/m1/s1. The monoisotopic (exact) mass is 603 g/mol. The zero-order valence-corrected chi connectivity index (χ0v) is 23.9. The second-order valence-corrected chi connectivity index (χ2v) is 11.7. The molecule has 1 N–H and O–H groups in total. The average molecular weight is 605 g/mol. The van der Waals surface area contributed by atoms with Crippen molar-refractivity contribution in [3.05, 3.63) is 94.2 Å². The molecule has 7 nitrogen and oxygen atoms in total. The maximum Gasteiger partial charge on any atom is 0.264 e. The van der Waals surface area contributed by atoms with E-state index in [0.717, 1.165) is 26.0 Å². The third-order valence-electron chi connectivity index (χ3n) is 5.97. The number of carbonyl (C=O) groups is 2. The van der Waals surface area contributed by atoms with Crippen molar-refractivity contribution in [2.75, 3.05) is 17.4 Å². The van der Waals surface area contributed by atoms with Gasteiger partial charge in [-0.25, -0.2) is 12.8 Å². The van der Waals surface area contributed by atoms with Gasteiger partial charge in [-0.05, 0) is 62.2 Å². The molecule has 0 bridgehead atoms. The highest BCUT2D eigenvalue weighted by molar-refractivity contribution is 9.10. The number of rotatable bonds is 11. The van der Waals surface area contributed by atoms with Crippen LogP contribution >= 0.6 is 15.9 Å². The number of hydrogen-bond acceptors (Lipinski definition) is 4. The molecule has 0 heterocycles. The molecule has 0 saturated carbocycles. The number of nitrogens with zero attached hydrogens (tertiary/aromatic N) is 2. The number of benzene rings is 3. The van der Waals surface area contributed by atoms with Crippen LogP contribution in [0.3, 0.4) is 0 Å². The summed E-state index contributed by atoms with van der Waals surface area (Å²) in [4.78, 5) is 27.9. The zero-order valence-electron chi connectivity index (χ0n) is 21.5. The van der Waals surface area contributed by atoms with Gasteiger partial charge in [0.15, 0.2) is 0 Å². The maximum atomic E-state index is 14.9. The summed E-state index contributed by atoms with van der Waals surface area (Å²) in [5, 5.41) is 2.79. The summed E-state index contributed by atoms with van der Waals surface area (Å²) in [7, 11) is -4.32. The lowest BCUT2D eigenvalue weighted by Gasteiger charge is -2.32. The Bertz CT molecular complexity index is 1380. The Labute approximate surface area is 231 Å². The molecule has 1 atom stereocenters. The van der Waals surface area contributed by atoms with Crippen LogP contribution in [0.1, 0.15) is 31.4 Å². The smallest absolute Gasteiger partial charge is 0.264 e. The van der Waals surface area contributed by atoms with Gasteiger partial charge in [0.05, 0.1) is 10.6 Å². The van der Waals surface area contributed by atoms with Gasteiger partial charge in [-0.3, -0.25) is 13.9 Å². The van der Waals surface area contributed by atoms with Crippen LogP contribution in [0.2, 0.25) is 0 Å². The predicted molar refractivity (Wildman–Crippen MR) is 150 cm³/mol. The molecule has 0 spiro atoms. The molecule has 0 aromatic heterocycles. The number of hydrogen-bond donors (Lipinski definition) is 1. The Morgan fingerprint density at radius 3 is 2.34 bits per heavy atom. The molecular formula is C28H31BrFN3O4S. The first-order chi connectivity index (χ1) is 18.0. The van der Waals surface area contributed by atoms with Crippen LogP contribution < -0.4 is 9.62 Å². The van der Waals surface area contributed by atoms with E-state index in [9.17, 15) is 22.4 Å². The Hall–Kier alpha value is -3.24. The second kappa shape index (κ2) is 13.0. The Balaban J connectivity index is 2.03. The van der Waals surface area contributed by atoms with E-state index in [1.54, 1.807) is 31.2 Å². The van der Waals surface area contributed by atoms with E-state index in [4.69, 9.17) is 0 Å². The minimum absolute atomic E-state index is 0.0503. The van der Waals surface area contributed by atoms with Crippen molar-refractivity contribution in [3.63, 3.8) is 0 Å². The largest absolute Gasteiger partial charge is 0.354 e. The van der Waals surface area contributed by atoms with Crippen molar-refractivity contribution in [1.29, 1.82) is 0 Å². The molecule has 3 rings (SSSR count). The summed E-state index contributed by atoms with van der Waals surface area (Å²) in [5.41, 5.74) is 1.33. The van der Waals surface area contributed by atoms with Gasteiger partial charge in [-0.1, -0.05) is 64.8 Å². The number of anilines is 1. The first kappa shape index (κ1) is 29.3. The lowest BCUT2D eigenvalue weighted by molar-refractivity contribution is -0.139. The van der Waals surface area contributed by atoms with Crippen molar-refractivity contribution in [1.82, 2.24) is 10.2 Å². The van der Waals surface area contributed by atoms with Crippen molar-refractivity contribution in [2.24, 2.45) is 0 Å². The Morgan fingerprint density at radius 1 is 1.03 bits per heavy atom. The fraction of sp³-hybridized carbons (Fsp3) is 0.286. The third-order valence-corrected chi connectivity index (χ3v) is 8.23. The van der Waals surface area contributed by atoms with Crippen LogP contribution in [-0.4, -0.2) is 44.3 Å². The van der Waals surface area contributed by atoms with Crippen molar-refractivity contribution in [2.45, 2.75) is 44.7 Å². The fourth-order valence-corrected chi connectivity index (χ4v) is 5.68. The van der Waals surface area contributed by atoms with Gasteiger partial charge in [0, 0.05) is 17.6 Å². The van der Waals surface area contributed by atoms with Crippen LogP contribution in [0.4, 0.5) is 10.1 Å². The highest BCUT2D eigenvalue weighted by Gasteiger charge is 2.33. The minimum atomic E-state index is -4.32. The number of para-hydroxylation sites is 1. The molecule has 3 aromatic carbocycles. The van der Waals surface area contributed by atoms with Crippen LogP contribution in [0, 0.1) is 12.7 Å². The molecule has 38 heavy (non-hydrogen) atoms. The summed E-state index contributed by atoms with van der Waals surface area (Å²) < 4.78 is 43.9. The molecule has 3 aromatic rings. The molecular weight excluding hydrogens is 573 g/mol. The number of aryl methyl sites for hydroxylation is 1. The molecule has 0 radical (unpaired) electrons. The van der Waals surface area contributed by atoms with Crippen LogP contribution in [0.5, 0.6) is 0 Å². The molecule has 0 unspecified atom stereocenters. The van der Waals surface area contributed by atoms with Crippen molar-refractivity contribution in [3.8, 4) is 0 Å². The SMILES string of the molecule is CCCNC(=O)[C@@H](C)N(Cc1cccc(Br)c1)C(=O)CN(c1ccccc1F)S(=O)(=O)c1ccc(C)cc1. The normalized spacial score (nSPS) is 12.0. The van der Waals surface area contributed by atoms with E-state index < -0.39 is 34.3 Å². The second-order valence-electron chi connectivity index (χ2n) is 8.89. The van der Waals surface area contributed by atoms with E-state index in [2.05, 4.69) is 21.2 Å². The summed E-state index contributed by atoms with van der Waals surface area (Å²) >= 11 is 3.41. The number of nitrogens with one attached hydrogen (secondary N) is 1. The van der Waals surface area contributed by atoms with E-state index >= 15 is 0 Å². The molecule has 0 aliphatic heterocycles. The number of amides is 2. The van der Waals surface area contributed by atoms with Crippen molar-refractivity contribution >= 4 is 43.5 Å². The van der Waals surface area contributed by atoms with Crippen LogP contribution in [0.15, 0.2) is 82.2 Å². The molecule has 202 valence electrons. The van der Waals surface area contributed by atoms with Crippen LogP contribution in [-0.2, 0) is 26.2 Å². The number of carbonyl (C=O) groups excluding carboxylic acids is 2. The lowest BCUT2D eigenvalue weighted by atomic mass is 10.1. The topological polar surface area (TPSA) is 86.8 Å². The van der Waals surface area contributed by atoms with Crippen LogP contribution in [0.25, 0.3) is 0 Å². The quantitative estimate of drug-likeness (QED) is 0.333. The maximum absolute atomic E-state index is 14.9. The van der Waals surface area contributed by atoms with Gasteiger partial charge in [0.1, 0.15) is 18.4 Å². The van der Waals surface area contributed by atoms with E-state index in [1.165, 1.54) is 35.2 Å². The summed E-state index contributed by atoms with van der Waals surface area (Å²) in [6, 6.07) is 17.8. The van der Waals surface area contributed by atoms with Gasteiger partial charge < -0.3 is 10.2 Å². The molecule has 10 heteroatoms. The Morgan fingerprint density at radius 2 is 1.71 bits per heavy atom. The van der Waals surface area contributed by atoms with Gasteiger partial charge in [0.2, 0.25) is 11.8 Å². The molecule has 2 amide bonds. The average Bonchev–Trinajstić information content (AvgIpc) is 2.89. The van der Waals surface area contributed by atoms with Gasteiger partial charge in [-0.15, -0.1) is 0 Å². The first-order valence-electron chi connectivity index (χ1n) is 12.2. The summed E-state index contributed by atoms with van der Waals surface area (Å²) in [6.07, 6.45) is 0.716. The highest BCUT2D eigenvalue weighted by Crippen LogP contribution is 2.27. The van der Waals surface area contributed by atoms with E-state index in [0.29, 0.717) is 13.0 Å². The predicted octanol–water partition coefficient (Wildman–Crippen LogP) is 5.04. The number of sulfonamides is 1. The van der Waals surface area contributed by atoms with Gasteiger partial charge in [0.25, 0.3) is 10.0 Å². The molecule has 0 aliphatic rings. The van der Waals surface area contributed by atoms with E-state index in [1.807, 2.05) is 26.0 Å². The van der Waals surface area contributed by atoms with E-state index in [-0.39, 0.29) is 23.0 Å². The minimum Gasteiger partial charge on any atom is -0.354 e. The molecule has 0 aliphatic carbocycles. The highest BCUT2D eigenvalue weighted by atomic mass is 79.9. The van der Waals surface area contributed by atoms with Gasteiger partial charge in [-0.2, -0.15) is 0 Å². The molecule has 0 saturated heterocycles. The number of halogens is 2. The summed E-state index contributed by atoms with van der Waals surface area (Å²) in [5.74, 6) is -1.81. The third kappa shape index (κ3) is 7.20. The van der Waals surface area contributed by atoms with Gasteiger partial charge >= 0.3 is 0 Å². The Kier molecular flexibility index (Phi) is 10.0. The lowest BCUT2D eigenvalue weighted by Crippen LogP contribution is -2.51. The fourth-order valence-electron chi connectivity index (χ4n) is 3.82.